The molecule has 0 saturated heterocycles. The normalized spacial score (nSPS) is 32.8. The van der Waals surface area contributed by atoms with E-state index >= 15 is 0 Å². The molecule has 18 heavy (non-hydrogen) atoms. The van der Waals surface area contributed by atoms with Crippen molar-refractivity contribution in [2.24, 2.45) is 4.99 Å². The Balaban J connectivity index is 2.18. The fourth-order valence-corrected chi connectivity index (χ4v) is 1.83. The molecule has 0 spiro atoms. The molecular formula is C12H15NO5. The summed E-state index contributed by atoms with van der Waals surface area (Å²) >= 11 is 0. The Morgan fingerprint density at radius 1 is 1.28 bits per heavy atom. The Hall–Kier alpha value is -1.47. The highest BCUT2D eigenvalue weighted by Gasteiger charge is 2.36. The molecule has 98 valence electrons. The van der Waals surface area contributed by atoms with Gasteiger partial charge in [0.15, 0.2) is 0 Å². The van der Waals surface area contributed by atoms with Crippen LogP contribution < -0.4 is 0 Å². The molecule has 6 heteroatoms. The first kappa shape index (κ1) is 13.0. The molecule has 4 N–H and O–H groups in total. The van der Waals surface area contributed by atoms with Crippen molar-refractivity contribution in [3.05, 3.63) is 35.8 Å². The summed E-state index contributed by atoms with van der Waals surface area (Å²) in [4.78, 5) is 4.06. The minimum absolute atomic E-state index is 0.245. The number of nitrogens with zero attached hydrogens (tertiary/aromatic N) is 1. The highest BCUT2D eigenvalue weighted by molar-refractivity contribution is 5.76. The van der Waals surface area contributed by atoms with E-state index in [1.807, 2.05) is 0 Å². The lowest BCUT2D eigenvalue weighted by molar-refractivity contribution is -0.0592. The summed E-state index contributed by atoms with van der Waals surface area (Å²) in [6.45, 7) is -0.391. The van der Waals surface area contributed by atoms with Crippen LogP contribution >= 0.6 is 0 Å². The Morgan fingerprint density at radius 2 is 2.06 bits per heavy atom. The van der Waals surface area contributed by atoms with Gasteiger partial charge in [0.1, 0.15) is 24.1 Å². The second-order valence-electron chi connectivity index (χ2n) is 4.11. The van der Waals surface area contributed by atoms with Crippen LogP contribution in [0.25, 0.3) is 0 Å². The fourth-order valence-electron chi connectivity index (χ4n) is 1.83. The van der Waals surface area contributed by atoms with Gasteiger partial charge >= 0.3 is 0 Å². The topological polar surface area (TPSA) is 106 Å². The summed E-state index contributed by atoms with van der Waals surface area (Å²) < 4.78 is 5.05. The minimum Gasteiger partial charge on any atom is -0.463 e. The number of rotatable bonds is 3. The van der Waals surface area contributed by atoms with E-state index in [-0.39, 0.29) is 5.57 Å². The average molecular weight is 253 g/mol. The van der Waals surface area contributed by atoms with Gasteiger partial charge in [0.05, 0.1) is 25.1 Å². The van der Waals surface area contributed by atoms with Gasteiger partial charge in [0.25, 0.3) is 0 Å². The molecule has 2 rings (SSSR count). The third-order valence-electron chi connectivity index (χ3n) is 2.89. The van der Waals surface area contributed by atoms with Gasteiger partial charge in [-0.2, -0.15) is 0 Å². The van der Waals surface area contributed by atoms with Crippen molar-refractivity contribution in [1.82, 2.24) is 0 Å². The molecule has 1 aliphatic carbocycles. The average Bonchev–Trinajstić information content (AvgIpc) is 2.88. The predicted molar refractivity (Wildman–Crippen MR) is 63.3 cm³/mol. The van der Waals surface area contributed by atoms with E-state index in [0.717, 1.165) is 0 Å². The zero-order valence-electron chi connectivity index (χ0n) is 9.55. The summed E-state index contributed by atoms with van der Waals surface area (Å²) in [5.41, 5.74) is 0.245. The maximum absolute atomic E-state index is 9.77. The molecule has 4 unspecified atom stereocenters. The van der Waals surface area contributed by atoms with Gasteiger partial charge in [-0.3, -0.25) is 4.99 Å². The van der Waals surface area contributed by atoms with Crippen LogP contribution in [0.3, 0.4) is 0 Å². The van der Waals surface area contributed by atoms with E-state index in [0.29, 0.717) is 5.76 Å². The number of hydrogen-bond acceptors (Lipinski definition) is 6. The summed E-state index contributed by atoms with van der Waals surface area (Å²) in [5.74, 6) is 0.516. The molecule has 0 saturated carbocycles. The van der Waals surface area contributed by atoms with Crippen molar-refractivity contribution in [1.29, 1.82) is 0 Å². The van der Waals surface area contributed by atoms with Gasteiger partial charge < -0.3 is 24.8 Å². The molecule has 4 atom stereocenters. The maximum atomic E-state index is 9.77. The highest BCUT2D eigenvalue weighted by atomic mass is 16.4. The van der Waals surface area contributed by atoms with Crippen LogP contribution in [0.4, 0.5) is 0 Å². The molecule has 0 aliphatic heterocycles. The summed E-state index contributed by atoms with van der Waals surface area (Å²) in [6.07, 6.45) is 0.509. The molecular weight excluding hydrogens is 238 g/mol. The van der Waals surface area contributed by atoms with Crippen molar-refractivity contribution in [2.45, 2.75) is 24.4 Å². The van der Waals surface area contributed by atoms with Gasteiger partial charge in [-0.25, -0.2) is 0 Å². The predicted octanol–water partition coefficient (Wildman–Crippen LogP) is -0.918. The lowest BCUT2D eigenvalue weighted by atomic mass is 9.88. The zero-order chi connectivity index (χ0) is 13.1. The number of aliphatic imine (C=N–C) groups is 1. The summed E-state index contributed by atoms with van der Waals surface area (Å²) in [7, 11) is 0. The van der Waals surface area contributed by atoms with E-state index in [9.17, 15) is 15.3 Å². The fraction of sp³-hybridized carbons (Fsp3) is 0.417. The standard InChI is InChI=1S/C12H15NO5/c14-6-7-4-9(11(16)12(17)10(7)15)13-5-8-2-1-3-18-8/h1-5,9-12,14-17H,6H2. The van der Waals surface area contributed by atoms with E-state index < -0.39 is 31.0 Å². The molecule has 1 heterocycles. The van der Waals surface area contributed by atoms with Crippen LogP contribution in [0.2, 0.25) is 0 Å². The van der Waals surface area contributed by atoms with Crippen molar-refractivity contribution in [3.63, 3.8) is 0 Å². The molecule has 1 aromatic heterocycles. The van der Waals surface area contributed by atoms with Crippen molar-refractivity contribution in [3.8, 4) is 0 Å². The largest absolute Gasteiger partial charge is 0.463 e. The third kappa shape index (κ3) is 2.51. The lowest BCUT2D eigenvalue weighted by Gasteiger charge is -2.32. The Bertz CT molecular complexity index is 439. The molecule has 1 aliphatic rings. The maximum Gasteiger partial charge on any atom is 0.144 e. The first-order valence-electron chi connectivity index (χ1n) is 5.56. The number of aliphatic hydroxyl groups excluding tert-OH is 4. The molecule has 6 nitrogen and oxygen atoms in total. The Morgan fingerprint density at radius 3 is 2.67 bits per heavy atom. The highest BCUT2D eigenvalue weighted by Crippen LogP contribution is 2.22. The van der Waals surface area contributed by atoms with Gasteiger partial charge in [-0.05, 0) is 17.7 Å². The van der Waals surface area contributed by atoms with Gasteiger partial charge in [0.2, 0.25) is 0 Å². The SMILES string of the molecule is OCC1=CC(N=Cc2ccco2)C(O)C(O)C1O. The minimum atomic E-state index is -1.36. The zero-order valence-corrected chi connectivity index (χ0v) is 9.55. The van der Waals surface area contributed by atoms with Crippen LogP contribution in [-0.4, -0.2) is 57.6 Å². The number of hydrogen-bond donors (Lipinski definition) is 4. The molecule has 0 fully saturated rings. The first-order valence-corrected chi connectivity index (χ1v) is 5.56. The van der Waals surface area contributed by atoms with Crippen LogP contribution in [0.5, 0.6) is 0 Å². The van der Waals surface area contributed by atoms with Crippen LogP contribution in [-0.2, 0) is 0 Å². The Kier molecular flexibility index (Phi) is 3.93. The van der Waals surface area contributed by atoms with Crippen molar-refractivity contribution in [2.75, 3.05) is 6.61 Å². The monoisotopic (exact) mass is 253 g/mol. The van der Waals surface area contributed by atoms with E-state index in [1.54, 1.807) is 12.1 Å². The molecule has 1 aromatic rings. The van der Waals surface area contributed by atoms with Gasteiger partial charge in [0, 0.05) is 0 Å². The lowest BCUT2D eigenvalue weighted by Crippen LogP contribution is -2.48. The number of furan rings is 1. The van der Waals surface area contributed by atoms with Crippen molar-refractivity contribution < 1.29 is 24.8 Å². The second-order valence-corrected chi connectivity index (χ2v) is 4.11. The molecule has 0 aromatic carbocycles. The van der Waals surface area contributed by atoms with E-state index in [1.165, 1.54) is 18.6 Å². The smallest absolute Gasteiger partial charge is 0.144 e. The number of aliphatic hydroxyl groups is 4. The van der Waals surface area contributed by atoms with Crippen LogP contribution in [0, 0.1) is 0 Å². The molecule has 0 bridgehead atoms. The van der Waals surface area contributed by atoms with Crippen molar-refractivity contribution >= 4 is 6.21 Å². The van der Waals surface area contributed by atoms with Gasteiger partial charge in [-0.1, -0.05) is 6.08 Å². The van der Waals surface area contributed by atoms with Gasteiger partial charge in [-0.15, -0.1) is 0 Å². The second kappa shape index (κ2) is 5.45. The van der Waals surface area contributed by atoms with Crippen LogP contribution in [0.1, 0.15) is 5.76 Å². The molecule has 0 amide bonds. The summed E-state index contributed by atoms with van der Waals surface area (Å²) in [5, 5.41) is 38.0. The quantitative estimate of drug-likeness (QED) is 0.412. The Labute approximate surface area is 104 Å². The van der Waals surface area contributed by atoms with E-state index in [4.69, 9.17) is 9.52 Å². The first-order chi connectivity index (χ1) is 8.63. The molecule has 0 radical (unpaired) electrons. The van der Waals surface area contributed by atoms with E-state index in [2.05, 4.69) is 4.99 Å². The summed E-state index contributed by atoms with van der Waals surface area (Å²) in [6, 6.07) is 2.67. The van der Waals surface area contributed by atoms with Crippen LogP contribution in [0.15, 0.2) is 39.5 Å². The third-order valence-corrected chi connectivity index (χ3v) is 2.89.